The lowest BCUT2D eigenvalue weighted by molar-refractivity contribution is -0.128. The molecule has 0 saturated carbocycles. The number of esters is 1. The summed E-state index contributed by atoms with van der Waals surface area (Å²) in [6, 6.07) is 13.8. The monoisotopic (exact) mass is 351 g/mol. The van der Waals surface area contributed by atoms with Crippen molar-refractivity contribution in [3.8, 4) is 5.75 Å². The molecular weight excluding hydrogens is 330 g/mol. The van der Waals surface area contributed by atoms with E-state index in [1.807, 2.05) is 43.3 Å². The van der Waals surface area contributed by atoms with Crippen LogP contribution in [0.2, 0.25) is 0 Å². The quantitative estimate of drug-likeness (QED) is 0.354. The molecule has 3 nitrogen and oxygen atoms in total. The van der Waals surface area contributed by atoms with E-state index < -0.39 is 5.97 Å². The van der Waals surface area contributed by atoms with Gasteiger partial charge in [-0.3, -0.25) is 0 Å². The van der Waals surface area contributed by atoms with E-state index >= 15 is 0 Å². The summed E-state index contributed by atoms with van der Waals surface area (Å²) >= 11 is 1.55. The molecule has 0 radical (unpaired) electrons. The molecule has 0 atom stereocenters. The van der Waals surface area contributed by atoms with Crippen molar-refractivity contribution in [3.63, 3.8) is 0 Å². The summed E-state index contributed by atoms with van der Waals surface area (Å²) < 4.78 is 6.56. The van der Waals surface area contributed by atoms with E-state index in [0.717, 1.165) is 20.8 Å². The van der Waals surface area contributed by atoms with Gasteiger partial charge < -0.3 is 4.74 Å². The van der Waals surface area contributed by atoms with Crippen LogP contribution < -0.4 is 4.74 Å². The Hall–Kier alpha value is -2.46. The number of rotatable bonds is 3. The molecule has 3 aromatic rings. The smallest absolute Gasteiger partial charge is 0.336 e. The number of ether oxygens (including phenoxy) is 1. The highest BCUT2D eigenvalue weighted by molar-refractivity contribution is 7.19. The van der Waals surface area contributed by atoms with E-state index in [2.05, 4.69) is 31.8 Å². The fourth-order valence-corrected chi connectivity index (χ4v) is 3.34. The van der Waals surface area contributed by atoms with Crippen LogP contribution in [-0.2, 0) is 10.2 Å². The van der Waals surface area contributed by atoms with Gasteiger partial charge in [0.2, 0.25) is 0 Å². The highest BCUT2D eigenvalue weighted by Gasteiger charge is 2.15. The van der Waals surface area contributed by atoms with E-state index in [4.69, 9.17) is 4.74 Å². The molecule has 0 spiro atoms. The van der Waals surface area contributed by atoms with Gasteiger partial charge in [-0.1, -0.05) is 45.0 Å². The standard InChI is InChI=1S/C21H21NO2S/c1-14-13-15(21(2,3)4)9-10-17(14)24-20(23)12-11-19-22-16-7-5-6-8-18(16)25-19/h5-13H,1-4H3/b12-11+. The van der Waals surface area contributed by atoms with E-state index in [0.29, 0.717) is 5.75 Å². The number of carbonyl (C=O) groups is 1. The Morgan fingerprint density at radius 3 is 2.60 bits per heavy atom. The van der Waals surface area contributed by atoms with E-state index in [1.54, 1.807) is 17.4 Å². The SMILES string of the molecule is Cc1cc(C(C)(C)C)ccc1OC(=O)/C=C/c1nc2ccccc2s1. The van der Waals surface area contributed by atoms with Gasteiger partial charge in [-0.2, -0.15) is 0 Å². The van der Waals surface area contributed by atoms with Crippen molar-refractivity contribution in [2.75, 3.05) is 0 Å². The molecule has 3 rings (SSSR count). The lowest BCUT2D eigenvalue weighted by atomic mass is 9.86. The van der Waals surface area contributed by atoms with Crippen LogP contribution in [0, 0.1) is 6.92 Å². The van der Waals surface area contributed by atoms with Crippen molar-refractivity contribution in [3.05, 3.63) is 64.7 Å². The van der Waals surface area contributed by atoms with Crippen molar-refractivity contribution in [1.82, 2.24) is 4.98 Å². The first-order valence-corrected chi connectivity index (χ1v) is 9.01. The topological polar surface area (TPSA) is 39.2 Å². The van der Waals surface area contributed by atoms with Gasteiger partial charge in [-0.05, 0) is 47.7 Å². The lowest BCUT2D eigenvalue weighted by Crippen LogP contribution is -2.12. The molecule has 0 aliphatic carbocycles. The number of aromatic nitrogens is 1. The zero-order valence-corrected chi connectivity index (χ0v) is 15.7. The second-order valence-corrected chi connectivity index (χ2v) is 8.07. The third kappa shape index (κ3) is 4.15. The Morgan fingerprint density at radius 2 is 1.92 bits per heavy atom. The zero-order chi connectivity index (χ0) is 18.0. The van der Waals surface area contributed by atoms with Crippen molar-refractivity contribution < 1.29 is 9.53 Å². The molecule has 128 valence electrons. The van der Waals surface area contributed by atoms with Gasteiger partial charge in [0, 0.05) is 6.08 Å². The average Bonchev–Trinajstić information content (AvgIpc) is 2.97. The second kappa shape index (κ2) is 6.81. The number of para-hydroxylation sites is 1. The summed E-state index contributed by atoms with van der Waals surface area (Å²) in [5.41, 5.74) is 3.18. The molecule has 0 aliphatic heterocycles. The Morgan fingerprint density at radius 1 is 1.16 bits per heavy atom. The largest absolute Gasteiger partial charge is 0.423 e. The molecule has 1 aromatic heterocycles. The number of hydrogen-bond donors (Lipinski definition) is 0. The molecular formula is C21H21NO2S. The van der Waals surface area contributed by atoms with E-state index in [-0.39, 0.29) is 5.41 Å². The van der Waals surface area contributed by atoms with Crippen LogP contribution in [0.25, 0.3) is 16.3 Å². The zero-order valence-electron chi connectivity index (χ0n) is 14.9. The number of nitrogens with zero attached hydrogens (tertiary/aromatic N) is 1. The Balaban J connectivity index is 1.72. The van der Waals surface area contributed by atoms with Gasteiger partial charge in [0.05, 0.1) is 10.2 Å². The van der Waals surface area contributed by atoms with Gasteiger partial charge in [0.1, 0.15) is 10.8 Å². The number of aryl methyl sites for hydroxylation is 1. The highest BCUT2D eigenvalue weighted by atomic mass is 32.1. The molecule has 0 saturated heterocycles. The van der Waals surface area contributed by atoms with Crippen LogP contribution in [0.1, 0.15) is 36.9 Å². The van der Waals surface area contributed by atoms with Gasteiger partial charge in [-0.15, -0.1) is 11.3 Å². The maximum absolute atomic E-state index is 12.1. The van der Waals surface area contributed by atoms with Gasteiger partial charge in [-0.25, -0.2) is 9.78 Å². The minimum Gasteiger partial charge on any atom is -0.423 e. The van der Waals surface area contributed by atoms with Crippen LogP contribution in [0.15, 0.2) is 48.5 Å². The van der Waals surface area contributed by atoms with Crippen LogP contribution in [0.4, 0.5) is 0 Å². The maximum atomic E-state index is 12.1. The summed E-state index contributed by atoms with van der Waals surface area (Å²) in [7, 11) is 0. The Kier molecular flexibility index (Phi) is 4.73. The fourth-order valence-electron chi connectivity index (χ4n) is 2.47. The molecule has 0 fully saturated rings. The number of fused-ring (bicyclic) bond motifs is 1. The van der Waals surface area contributed by atoms with Gasteiger partial charge in [0.15, 0.2) is 0 Å². The van der Waals surface area contributed by atoms with Crippen LogP contribution in [-0.4, -0.2) is 11.0 Å². The summed E-state index contributed by atoms with van der Waals surface area (Å²) in [5, 5.41) is 0.790. The van der Waals surface area contributed by atoms with Crippen molar-refractivity contribution in [2.24, 2.45) is 0 Å². The highest BCUT2D eigenvalue weighted by Crippen LogP contribution is 2.28. The molecule has 2 aromatic carbocycles. The summed E-state index contributed by atoms with van der Waals surface area (Å²) in [6.07, 6.45) is 3.13. The van der Waals surface area contributed by atoms with Crippen molar-refractivity contribution in [1.29, 1.82) is 0 Å². The van der Waals surface area contributed by atoms with Gasteiger partial charge in [0.25, 0.3) is 0 Å². The first kappa shape index (κ1) is 17.4. The first-order valence-electron chi connectivity index (χ1n) is 8.19. The summed E-state index contributed by atoms with van der Waals surface area (Å²) in [6.45, 7) is 8.44. The maximum Gasteiger partial charge on any atom is 0.336 e. The second-order valence-electron chi connectivity index (χ2n) is 7.00. The normalized spacial score (nSPS) is 12.0. The number of carbonyl (C=O) groups excluding carboxylic acids is 1. The average molecular weight is 351 g/mol. The minimum atomic E-state index is -0.397. The van der Waals surface area contributed by atoms with Crippen molar-refractivity contribution in [2.45, 2.75) is 33.1 Å². The number of benzene rings is 2. The summed E-state index contributed by atoms with van der Waals surface area (Å²) in [5.74, 6) is 0.192. The molecule has 0 bridgehead atoms. The fraction of sp³-hybridized carbons (Fsp3) is 0.238. The Labute approximate surface area is 152 Å². The lowest BCUT2D eigenvalue weighted by Gasteiger charge is -2.20. The third-order valence-electron chi connectivity index (χ3n) is 3.92. The predicted molar refractivity (Wildman–Crippen MR) is 104 cm³/mol. The number of thiazole rings is 1. The predicted octanol–water partition coefficient (Wildman–Crippen LogP) is 5.52. The van der Waals surface area contributed by atoms with Crippen LogP contribution in [0.3, 0.4) is 0 Å². The van der Waals surface area contributed by atoms with Crippen molar-refractivity contribution >= 4 is 33.6 Å². The molecule has 1 heterocycles. The minimum absolute atomic E-state index is 0.0695. The third-order valence-corrected chi connectivity index (χ3v) is 4.93. The molecule has 25 heavy (non-hydrogen) atoms. The molecule has 4 heteroatoms. The number of hydrogen-bond acceptors (Lipinski definition) is 4. The van der Waals surface area contributed by atoms with Crippen LogP contribution >= 0.6 is 11.3 Å². The van der Waals surface area contributed by atoms with Crippen LogP contribution in [0.5, 0.6) is 5.75 Å². The molecule has 0 unspecified atom stereocenters. The van der Waals surface area contributed by atoms with E-state index in [9.17, 15) is 4.79 Å². The summed E-state index contributed by atoms with van der Waals surface area (Å²) in [4.78, 5) is 16.6. The van der Waals surface area contributed by atoms with Gasteiger partial charge >= 0.3 is 5.97 Å². The molecule has 0 amide bonds. The Bertz CT molecular complexity index is 915. The van der Waals surface area contributed by atoms with E-state index in [1.165, 1.54) is 11.6 Å². The molecule has 0 aliphatic rings. The molecule has 0 N–H and O–H groups in total. The first-order chi connectivity index (χ1) is 11.8.